The van der Waals surface area contributed by atoms with E-state index >= 15 is 0 Å². The number of thiazole rings is 1. The van der Waals surface area contributed by atoms with Crippen molar-refractivity contribution >= 4 is 16.5 Å². The number of nitrogens with two attached hydrogens (primary N) is 1. The Hall–Kier alpha value is -1.33. The molecule has 2 rings (SSSR count). The number of anilines is 1. The molecule has 0 fully saturated rings. The Morgan fingerprint density at radius 2 is 2.50 bits per heavy atom. The minimum atomic E-state index is 0.485. The van der Waals surface area contributed by atoms with Gasteiger partial charge in [-0.3, -0.25) is 0 Å². The molecule has 0 aromatic carbocycles. The van der Waals surface area contributed by atoms with Crippen LogP contribution in [0.1, 0.15) is 11.5 Å². The zero-order valence-electron chi connectivity index (χ0n) is 7.56. The molecule has 0 saturated heterocycles. The number of aromatic nitrogens is 1. The van der Waals surface area contributed by atoms with Gasteiger partial charge in [-0.1, -0.05) is 0 Å². The van der Waals surface area contributed by atoms with Crippen molar-refractivity contribution in [3.8, 4) is 0 Å². The summed E-state index contributed by atoms with van der Waals surface area (Å²) in [6.07, 6.45) is 1.66. The number of hydrogen-bond donors (Lipinski definition) is 2. The molecule has 5 heteroatoms. The number of furan rings is 1. The van der Waals surface area contributed by atoms with Crippen molar-refractivity contribution in [2.24, 2.45) is 5.73 Å². The summed E-state index contributed by atoms with van der Waals surface area (Å²) < 4.78 is 5.18. The molecule has 2 aromatic heterocycles. The van der Waals surface area contributed by atoms with Gasteiger partial charge in [-0.05, 0) is 12.1 Å². The average molecular weight is 209 g/mol. The van der Waals surface area contributed by atoms with Gasteiger partial charge in [0.15, 0.2) is 5.13 Å². The summed E-state index contributed by atoms with van der Waals surface area (Å²) in [6.45, 7) is 1.14. The Kier molecular flexibility index (Phi) is 2.81. The first-order valence-electron chi connectivity index (χ1n) is 4.29. The molecule has 2 heterocycles. The normalized spacial score (nSPS) is 10.4. The van der Waals surface area contributed by atoms with Crippen LogP contribution in [0.2, 0.25) is 0 Å². The Balaban J connectivity index is 1.92. The Labute approximate surface area is 85.8 Å². The summed E-state index contributed by atoms with van der Waals surface area (Å²) in [7, 11) is 0. The zero-order valence-corrected chi connectivity index (χ0v) is 8.38. The fourth-order valence-electron chi connectivity index (χ4n) is 1.06. The number of nitrogens with zero attached hydrogens (tertiary/aromatic N) is 1. The van der Waals surface area contributed by atoms with E-state index in [2.05, 4.69) is 10.3 Å². The monoisotopic (exact) mass is 209 g/mol. The second-order valence-corrected chi connectivity index (χ2v) is 3.64. The minimum Gasteiger partial charge on any atom is -0.467 e. The van der Waals surface area contributed by atoms with E-state index in [0.29, 0.717) is 13.1 Å². The van der Waals surface area contributed by atoms with Gasteiger partial charge in [-0.15, -0.1) is 11.3 Å². The molecule has 0 atom stereocenters. The summed E-state index contributed by atoms with van der Waals surface area (Å²) >= 11 is 1.55. The zero-order chi connectivity index (χ0) is 9.80. The SMILES string of the molecule is NCc1csc(NCc2ccco2)n1. The molecule has 0 bridgehead atoms. The molecule has 0 aliphatic rings. The average Bonchev–Trinajstić information content (AvgIpc) is 2.86. The third-order valence-electron chi connectivity index (χ3n) is 1.75. The van der Waals surface area contributed by atoms with E-state index in [1.165, 1.54) is 0 Å². The largest absolute Gasteiger partial charge is 0.467 e. The van der Waals surface area contributed by atoms with Crippen molar-refractivity contribution in [3.63, 3.8) is 0 Å². The van der Waals surface area contributed by atoms with Crippen molar-refractivity contribution in [2.75, 3.05) is 5.32 Å². The summed E-state index contributed by atoms with van der Waals surface area (Å²) in [6, 6.07) is 3.79. The Morgan fingerprint density at radius 3 is 3.14 bits per heavy atom. The standard InChI is InChI=1S/C9H11N3OS/c10-4-7-6-14-9(12-7)11-5-8-2-1-3-13-8/h1-3,6H,4-5,10H2,(H,11,12). The van der Waals surface area contributed by atoms with Crippen LogP contribution in [-0.4, -0.2) is 4.98 Å². The van der Waals surface area contributed by atoms with Crippen LogP contribution < -0.4 is 11.1 Å². The van der Waals surface area contributed by atoms with Gasteiger partial charge in [-0.25, -0.2) is 4.98 Å². The lowest BCUT2D eigenvalue weighted by Gasteiger charge is -1.97. The lowest BCUT2D eigenvalue weighted by Crippen LogP contribution is -1.99. The molecule has 0 radical (unpaired) electrons. The number of nitrogens with one attached hydrogen (secondary N) is 1. The van der Waals surface area contributed by atoms with Crippen LogP contribution in [-0.2, 0) is 13.1 Å². The highest BCUT2D eigenvalue weighted by Crippen LogP contribution is 2.15. The number of rotatable bonds is 4. The first kappa shape index (κ1) is 9.23. The van der Waals surface area contributed by atoms with Gasteiger partial charge in [0.25, 0.3) is 0 Å². The summed E-state index contributed by atoms with van der Waals surface area (Å²) in [4.78, 5) is 4.27. The maximum absolute atomic E-state index is 5.45. The van der Waals surface area contributed by atoms with Crippen LogP contribution in [0.15, 0.2) is 28.2 Å². The predicted molar refractivity (Wildman–Crippen MR) is 56.0 cm³/mol. The lowest BCUT2D eigenvalue weighted by molar-refractivity contribution is 0.518. The topological polar surface area (TPSA) is 64.1 Å². The van der Waals surface area contributed by atoms with Crippen LogP contribution in [0, 0.1) is 0 Å². The summed E-state index contributed by atoms with van der Waals surface area (Å²) in [5.41, 5.74) is 6.37. The van der Waals surface area contributed by atoms with Gasteiger partial charge in [0, 0.05) is 11.9 Å². The summed E-state index contributed by atoms with van der Waals surface area (Å²) in [5, 5.41) is 5.99. The van der Waals surface area contributed by atoms with Crippen molar-refractivity contribution in [2.45, 2.75) is 13.1 Å². The quantitative estimate of drug-likeness (QED) is 0.806. The molecule has 4 nitrogen and oxygen atoms in total. The van der Waals surface area contributed by atoms with Crippen LogP contribution in [0.3, 0.4) is 0 Å². The second-order valence-electron chi connectivity index (χ2n) is 2.78. The smallest absolute Gasteiger partial charge is 0.183 e. The molecule has 2 aromatic rings. The van der Waals surface area contributed by atoms with E-state index in [9.17, 15) is 0 Å². The molecule has 0 saturated carbocycles. The molecule has 3 N–H and O–H groups in total. The van der Waals surface area contributed by atoms with E-state index < -0.39 is 0 Å². The molecule has 0 amide bonds. The molecule has 0 unspecified atom stereocenters. The fourth-order valence-corrected chi connectivity index (χ4v) is 1.78. The van der Waals surface area contributed by atoms with Gasteiger partial charge in [-0.2, -0.15) is 0 Å². The third-order valence-corrected chi connectivity index (χ3v) is 2.60. The van der Waals surface area contributed by atoms with E-state index in [0.717, 1.165) is 16.6 Å². The first-order chi connectivity index (χ1) is 6.88. The highest BCUT2D eigenvalue weighted by molar-refractivity contribution is 7.13. The van der Waals surface area contributed by atoms with Crippen molar-refractivity contribution in [3.05, 3.63) is 35.2 Å². The van der Waals surface area contributed by atoms with Crippen molar-refractivity contribution < 1.29 is 4.42 Å². The molecule has 74 valence electrons. The van der Waals surface area contributed by atoms with Gasteiger partial charge in [0.2, 0.25) is 0 Å². The molecule has 0 spiro atoms. The summed E-state index contributed by atoms with van der Waals surface area (Å²) in [5.74, 6) is 0.898. The van der Waals surface area contributed by atoms with Gasteiger partial charge < -0.3 is 15.5 Å². The van der Waals surface area contributed by atoms with Gasteiger partial charge >= 0.3 is 0 Å². The highest BCUT2D eigenvalue weighted by Gasteiger charge is 2.00. The van der Waals surface area contributed by atoms with Crippen LogP contribution >= 0.6 is 11.3 Å². The fraction of sp³-hybridized carbons (Fsp3) is 0.222. The van der Waals surface area contributed by atoms with Crippen LogP contribution in [0.5, 0.6) is 0 Å². The minimum absolute atomic E-state index is 0.485. The Bertz CT molecular complexity index is 382. The predicted octanol–water partition coefficient (Wildman–Crippen LogP) is 1.81. The van der Waals surface area contributed by atoms with Crippen LogP contribution in [0.4, 0.5) is 5.13 Å². The van der Waals surface area contributed by atoms with Gasteiger partial charge in [0.05, 0.1) is 18.5 Å². The third kappa shape index (κ3) is 2.12. The van der Waals surface area contributed by atoms with Crippen molar-refractivity contribution in [1.82, 2.24) is 4.98 Å². The molecule has 0 aliphatic carbocycles. The highest BCUT2D eigenvalue weighted by atomic mass is 32.1. The van der Waals surface area contributed by atoms with Crippen LogP contribution in [0.25, 0.3) is 0 Å². The number of hydrogen-bond acceptors (Lipinski definition) is 5. The van der Waals surface area contributed by atoms with E-state index in [1.807, 2.05) is 17.5 Å². The molecule has 14 heavy (non-hydrogen) atoms. The van der Waals surface area contributed by atoms with E-state index in [-0.39, 0.29) is 0 Å². The van der Waals surface area contributed by atoms with E-state index in [1.54, 1.807) is 17.6 Å². The lowest BCUT2D eigenvalue weighted by atomic mass is 10.4. The molecular formula is C9H11N3OS. The first-order valence-corrected chi connectivity index (χ1v) is 5.17. The van der Waals surface area contributed by atoms with Gasteiger partial charge in [0.1, 0.15) is 5.76 Å². The van der Waals surface area contributed by atoms with Crippen molar-refractivity contribution in [1.29, 1.82) is 0 Å². The Morgan fingerprint density at radius 1 is 1.57 bits per heavy atom. The maximum Gasteiger partial charge on any atom is 0.183 e. The molecule has 0 aliphatic heterocycles. The molecular weight excluding hydrogens is 198 g/mol. The van der Waals surface area contributed by atoms with E-state index in [4.69, 9.17) is 10.2 Å². The second kappa shape index (κ2) is 4.26. The maximum atomic E-state index is 5.45.